The molecule has 0 radical (unpaired) electrons. The minimum Gasteiger partial charge on any atom is -0.516 e. The smallest absolute Gasteiger partial charge is 0.0754 e. The van der Waals surface area contributed by atoms with Crippen LogP contribution in [-0.4, -0.2) is 5.11 Å². The Hall–Kier alpha value is -0.980. The Labute approximate surface area is 62.4 Å². The molecule has 0 aromatic heterocycles. The Morgan fingerprint density at radius 1 is 1.10 bits per heavy atom. The van der Waals surface area contributed by atoms with Crippen molar-refractivity contribution in [3.63, 3.8) is 0 Å². The molecule has 0 unspecified atom stereocenters. The molecule has 0 aliphatic rings. The Kier molecular flexibility index (Phi) is 7.23. The van der Waals surface area contributed by atoms with E-state index in [1.165, 1.54) is 0 Å². The summed E-state index contributed by atoms with van der Waals surface area (Å²) in [4.78, 5) is 0. The highest BCUT2D eigenvalue weighted by Crippen LogP contribution is 1.86. The van der Waals surface area contributed by atoms with E-state index in [0.29, 0.717) is 0 Å². The van der Waals surface area contributed by atoms with E-state index in [2.05, 4.69) is 13.0 Å². The van der Waals surface area contributed by atoms with Gasteiger partial charge in [0, 0.05) is 0 Å². The number of hydrogen-bond donors (Lipinski definition) is 1. The molecule has 1 heteroatoms. The molecule has 0 heterocycles. The minimum absolute atomic E-state index is 0.796. The fraction of sp³-hybridized carbons (Fsp3) is 0.333. The number of allylic oxidation sites excluding steroid dienone is 5. The van der Waals surface area contributed by atoms with E-state index in [1.807, 2.05) is 18.2 Å². The van der Waals surface area contributed by atoms with Gasteiger partial charge in [0.25, 0.3) is 0 Å². The van der Waals surface area contributed by atoms with Crippen LogP contribution in [0.1, 0.15) is 19.8 Å². The van der Waals surface area contributed by atoms with Crippen molar-refractivity contribution in [3.05, 3.63) is 36.6 Å². The first-order valence-corrected chi connectivity index (χ1v) is 3.52. The molecule has 0 aromatic rings. The third kappa shape index (κ3) is 7.02. The largest absolute Gasteiger partial charge is 0.516 e. The lowest BCUT2D eigenvalue weighted by atomic mass is 10.3. The maximum Gasteiger partial charge on any atom is 0.0754 e. The van der Waals surface area contributed by atoms with Gasteiger partial charge in [0.2, 0.25) is 0 Å². The van der Waals surface area contributed by atoms with Crippen molar-refractivity contribution in [3.8, 4) is 0 Å². The van der Waals surface area contributed by atoms with Crippen LogP contribution in [0.5, 0.6) is 0 Å². The van der Waals surface area contributed by atoms with Gasteiger partial charge in [0.1, 0.15) is 0 Å². The van der Waals surface area contributed by atoms with Gasteiger partial charge in [-0.3, -0.25) is 0 Å². The molecule has 0 amide bonds. The summed E-state index contributed by atoms with van der Waals surface area (Å²) in [5, 5.41) is 8.24. The van der Waals surface area contributed by atoms with Crippen molar-refractivity contribution < 1.29 is 5.11 Å². The topological polar surface area (TPSA) is 20.2 Å². The van der Waals surface area contributed by atoms with Gasteiger partial charge in [0.15, 0.2) is 0 Å². The van der Waals surface area contributed by atoms with Crippen molar-refractivity contribution >= 4 is 0 Å². The molecule has 0 atom stereocenters. The van der Waals surface area contributed by atoms with Crippen molar-refractivity contribution in [2.75, 3.05) is 0 Å². The Morgan fingerprint density at radius 3 is 2.40 bits per heavy atom. The summed E-state index contributed by atoms with van der Waals surface area (Å²) in [5.74, 6) is 0. The van der Waals surface area contributed by atoms with E-state index in [4.69, 9.17) is 5.11 Å². The second kappa shape index (κ2) is 8.02. The summed E-state index contributed by atoms with van der Waals surface area (Å²) >= 11 is 0. The minimum atomic E-state index is 0.796. The van der Waals surface area contributed by atoms with Gasteiger partial charge in [0.05, 0.1) is 6.26 Å². The van der Waals surface area contributed by atoms with Crippen molar-refractivity contribution in [2.24, 2.45) is 0 Å². The van der Waals surface area contributed by atoms with Crippen LogP contribution in [-0.2, 0) is 0 Å². The van der Waals surface area contributed by atoms with Gasteiger partial charge in [-0.05, 0) is 18.9 Å². The zero-order chi connectivity index (χ0) is 7.66. The molecule has 1 nitrogen and oxygen atoms in total. The molecule has 0 saturated carbocycles. The summed E-state index contributed by atoms with van der Waals surface area (Å²) < 4.78 is 0. The molecule has 0 aliphatic heterocycles. The summed E-state index contributed by atoms with van der Waals surface area (Å²) in [6.07, 6.45) is 12.7. The van der Waals surface area contributed by atoms with E-state index in [-0.39, 0.29) is 0 Å². The average molecular weight is 138 g/mol. The summed E-state index contributed by atoms with van der Waals surface area (Å²) in [7, 11) is 0. The third-order valence-electron chi connectivity index (χ3n) is 0.997. The van der Waals surface area contributed by atoms with E-state index in [0.717, 1.165) is 19.1 Å². The molecule has 0 saturated heterocycles. The lowest BCUT2D eigenvalue weighted by molar-refractivity contribution is 0.471. The summed E-state index contributed by atoms with van der Waals surface area (Å²) in [6, 6.07) is 0. The highest BCUT2D eigenvalue weighted by molar-refractivity contribution is 5.03. The van der Waals surface area contributed by atoms with Gasteiger partial charge >= 0.3 is 0 Å². The van der Waals surface area contributed by atoms with Crippen LogP contribution in [0.25, 0.3) is 0 Å². The molecule has 0 spiro atoms. The number of rotatable bonds is 4. The quantitative estimate of drug-likeness (QED) is 0.467. The second-order valence-corrected chi connectivity index (χ2v) is 1.89. The van der Waals surface area contributed by atoms with E-state index < -0.39 is 0 Å². The first-order chi connectivity index (χ1) is 4.91. The van der Waals surface area contributed by atoms with Crippen LogP contribution in [0, 0.1) is 0 Å². The highest BCUT2D eigenvalue weighted by Gasteiger charge is 1.66. The Morgan fingerprint density at radius 2 is 1.80 bits per heavy atom. The van der Waals surface area contributed by atoms with Crippen molar-refractivity contribution in [1.82, 2.24) is 0 Å². The first kappa shape index (κ1) is 9.02. The SMILES string of the molecule is CCC=CC=CCC=CO. The van der Waals surface area contributed by atoms with Crippen LogP contribution in [0.3, 0.4) is 0 Å². The number of aliphatic hydroxyl groups is 1. The average Bonchev–Trinajstić information content (AvgIpc) is 1.97. The zero-order valence-corrected chi connectivity index (χ0v) is 6.33. The van der Waals surface area contributed by atoms with Crippen LogP contribution in [0.2, 0.25) is 0 Å². The Bertz CT molecular complexity index is 132. The van der Waals surface area contributed by atoms with Gasteiger partial charge in [-0.1, -0.05) is 31.2 Å². The Balaban J connectivity index is 3.28. The van der Waals surface area contributed by atoms with Gasteiger partial charge in [-0.2, -0.15) is 0 Å². The number of hydrogen-bond acceptors (Lipinski definition) is 1. The van der Waals surface area contributed by atoms with Crippen LogP contribution < -0.4 is 0 Å². The van der Waals surface area contributed by atoms with E-state index in [1.54, 1.807) is 6.08 Å². The zero-order valence-electron chi connectivity index (χ0n) is 6.33. The number of aliphatic hydroxyl groups excluding tert-OH is 1. The summed E-state index contributed by atoms with van der Waals surface area (Å²) in [6.45, 7) is 2.10. The molecule has 0 aliphatic carbocycles. The molecule has 1 N–H and O–H groups in total. The van der Waals surface area contributed by atoms with Crippen molar-refractivity contribution in [1.29, 1.82) is 0 Å². The first-order valence-electron chi connectivity index (χ1n) is 3.52. The van der Waals surface area contributed by atoms with E-state index >= 15 is 0 Å². The summed E-state index contributed by atoms with van der Waals surface area (Å²) in [5.41, 5.74) is 0. The molecule has 0 bridgehead atoms. The van der Waals surface area contributed by atoms with Crippen LogP contribution >= 0.6 is 0 Å². The molecule has 10 heavy (non-hydrogen) atoms. The van der Waals surface area contributed by atoms with Crippen LogP contribution in [0.15, 0.2) is 36.6 Å². The van der Waals surface area contributed by atoms with E-state index in [9.17, 15) is 0 Å². The van der Waals surface area contributed by atoms with Crippen LogP contribution in [0.4, 0.5) is 0 Å². The van der Waals surface area contributed by atoms with Gasteiger partial charge < -0.3 is 5.11 Å². The maximum atomic E-state index is 8.24. The fourth-order valence-electron chi connectivity index (χ4n) is 0.511. The molecular formula is C9H14O. The molecule has 0 fully saturated rings. The third-order valence-corrected chi connectivity index (χ3v) is 0.997. The predicted octanol–water partition coefficient (Wildman–Crippen LogP) is 2.97. The monoisotopic (exact) mass is 138 g/mol. The second-order valence-electron chi connectivity index (χ2n) is 1.89. The van der Waals surface area contributed by atoms with Gasteiger partial charge in [-0.25, -0.2) is 0 Å². The lowest BCUT2D eigenvalue weighted by Gasteiger charge is -1.77. The predicted molar refractivity (Wildman–Crippen MR) is 45.0 cm³/mol. The maximum absolute atomic E-state index is 8.24. The van der Waals surface area contributed by atoms with Gasteiger partial charge in [-0.15, -0.1) is 0 Å². The molecule has 0 rings (SSSR count). The molecule has 0 aromatic carbocycles. The molecular weight excluding hydrogens is 124 g/mol. The normalized spacial score (nSPS) is 12.5. The lowest BCUT2D eigenvalue weighted by Crippen LogP contribution is -1.57. The molecule has 56 valence electrons. The standard InChI is InChI=1S/C9H14O/c1-2-3-4-5-6-7-8-9-10/h3-6,8-10H,2,7H2,1H3. The fourth-order valence-corrected chi connectivity index (χ4v) is 0.511. The highest BCUT2D eigenvalue weighted by atomic mass is 16.2. The van der Waals surface area contributed by atoms with Crippen molar-refractivity contribution in [2.45, 2.75) is 19.8 Å².